The molecule has 7 nitrogen and oxygen atoms in total. The summed E-state index contributed by atoms with van der Waals surface area (Å²) in [4.78, 5) is 24.7. The van der Waals surface area contributed by atoms with E-state index in [1.807, 2.05) is 6.92 Å². The van der Waals surface area contributed by atoms with Gasteiger partial charge in [-0.1, -0.05) is 6.92 Å². The van der Waals surface area contributed by atoms with Crippen molar-refractivity contribution < 1.29 is 24.2 Å². The first-order valence-electron chi connectivity index (χ1n) is 8.45. The van der Waals surface area contributed by atoms with E-state index in [9.17, 15) is 14.7 Å². The van der Waals surface area contributed by atoms with Crippen molar-refractivity contribution >= 4 is 27.9 Å². The zero-order chi connectivity index (χ0) is 19.4. The molecule has 1 aliphatic rings. The SMILES string of the molecule is CCOc1cc(C2NC(=O)NC(CC)=C2C(=O)OC(C)C)cc(Br)c1O. The minimum absolute atomic E-state index is 0.0399. The van der Waals surface area contributed by atoms with Crippen LogP contribution in [0.25, 0.3) is 0 Å². The van der Waals surface area contributed by atoms with Crippen LogP contribution in [0.4, 0.5) is 4.79 Å². The molecule has 1 aromatic carbocycles. The van der Waals surface area contributed by atoms with E-state index in [0.29, 0.717) is 34.3 Å². The molecule has 0 saturated heterocycles. The summed E-state index contributed by atoms with van der Waals surface area (Å²) in [6.07, 6.45) is 0.168. The first-order chi connectivity index (χ1) is 12.3. The maximum absolute atomic E-state index is 12.7. The third-order valence-electron chi connectivity index (χ3n) is 3.75. The van der Waals surface area contributed by atoms with Gasteiger partial charge in [0, 0.05) is 5.70 Å². The standard InChI is InChI=1S/C18H23BrN2O5/c1-5-12-14(17(23)26-9(3)4)15(21-18(24)20-12)10-7-11(19)16(22)13(8-10)25-6-2/h7-9,15,22H,5-6H2,1-4H3,(H2,20,21,24). The number of aromatic hydroxyl groups is 1. The van der Waals surface area contributed by atoms with Crippen molar-refractivity contribution in [2.24, 2.45) is 0 Å². The first-order valence-corrected chi connectivity index (χ1v) is 9.24. The van der Waals surface area contributed by atoms with Crippen molar-refractivity contribution in [2.45, 2.75) is 46.3 Å². The molecule has 26 heavy (non-hydrogen) atoms. The van der Waals surface area contributed by atoms with Crippen molar-refractivity contribution in [3.05, 3.63) is 33.4 Å². The van der Waals surface area contributed by atoms with Gasteiger partial charge in [-0.05, 0) is 60.8 Å². The van der Waals surface area contributed by atoms with Crippen LogP contribution in [0.1, 0.15) is 45.7 Å². The lowest BCUT2D eigenvalue weighted by atomic mass is 9.94. The number of carbonyl (C=O) groups excluding carboxylic acids is 2. The Hall–Kier alpha value is -2.22. The van der Waals surface area contributed by atoms with E-state index in [2.05, 4.69) is 26.6 Å². The number of ether oxygens (including phenoxy) is 2. The van der Waals surface area contributed by atoms with E-state index < -0.39 is 18.0 Å². The van der Waals surface area contributed by atoms with Gasteiger partial charge in [-0.25, -0.2) is 9.59 Å². The minimum Gasteiger partial charge on any atom is -0.503 e. The zero-order valence-electron chi connectivity index (χ0n) is 15.2. The Kier molecular flexibility index (Phi) is 6.52. The Bertz CT molecular complexity index is 745. The smallest absolute Gasteiger partial charge is 0.338 e. The number of nitrogens with one attached hydrogen (secondary N) is 2. The number of rotatable bonds is 6. The fraction of sp³-hybridized carbons (Fsp3) is 0.444. The summed E-state index contributed by atoms with van der Waals surface area (Å²) >= 11 is 3.29. The average molecular weight is 427 g/mol. The molecule has 0 radical (unpaired) electrons. The highest BCUT2D eigenvalue weighted by atomic mass is 79.9. The Morgan fingerprint density at radius 1 is 1.35 bits per heavy atom. The largest absolute Gasteiger partial charge is 0.503 e. The number of phenols is 1. The molecule has 1 unspecified atom stereocenters. The molecule has 0 saturated carbocycles. The Labute approximate surface area is 160 Å². The van der Waals surface area contributed by atoms with Gasteiger partial charge in [0.05, 0.1) is 28.8 Å². The lowest BCUT2D eigenvalue weighted by Gasteiger charge is -2.30. The lowest BCUT2D eigenvalue weighted by Crippen LogP contribution is -2.46. The van der Waals surface area contributed by atoms with E-state index in [1.54, 1.807) is 32.9 Å². The highest BCUT2D eigenvalue weighted by molar-refractivity contribution is 9.10. The number of allylic oxidation sites excluding steroid dienone is 1. The molecule has 0 spiro atoms. The molecule has 3 N–H and O–H groups in total. The quantitative estimate of drug-likeness (QED) is 0.604. The van der Waals surface area contributed by atoms with Crippen LogP contribution >= 0.6 is 15.9 Å². The summed E-state index contributed by atoms with van der Waals surface area (Å²) in [6, 6.07) is 2.12. The molecule has 1 aromatic rings. The predicted molar refractivity (Wildman–Crippen MR) is 99.9 cm³/mol. The average Bonchev–Trinajstić information content (AvgIpc) is 2.57. The number of esters is 1. The van der Waals surface area contributed by atoms with Crippen LogP contribution in [-0.2, 0) is 9.53 Å². The van der Waals surface area contributed by atoms with Gasteiger partial charge < -0.3 is 25.2 Å². The molecule has 1 atom stereocenters. The third kappa shape index (κ3) is 4.30. The van der Waals surface area contributed by atoms with E-state index in [0.717, 1.165) is 0 Å². The second kappa shape index (κ2) is 8.44. The molecule has 1 heterocycles. The molecule has 2 rings (SSSR count). The fourth-order valence-electron chi connectivity index (χ4n) is 2.69. The number of urea groups is 1. The van der Waals surface area contributed by atoms with E-state index >= 15 is 0 Å². The molecule has 0 fully saturated rings. The first kappa shape index (κ1) is 20.1. The topological polar surface area (TPSA) is 96.9 Å². The van der Waals surface area contributed by atoms with E-state index in [-0.39, 0.29) is 17.6 Å². The summed E-state index contributed by atoms with van der Waals surface area (Å²) in [5, 5.41) is 15.5. The summed E-state index contributed by atoms with van der Waals surface area (Å²) < 4.78 is 11.2. The highest BCUT2D eigenvalue weighted by Gasteiger charge is 2.34. The van der Waals surface area contributed by atoms with Gasteiger partial charge in [0.15, 0.2) is 11.5 Å². The highest BCUT2D eigenvalue weighted by Crippen LogP contribution is 2.39. The molecule has 2 amide bonds. The van der Waals surface area contributed by atoms with Crippen molar-refractivity contribution in [1.82, 2.24) is 10.6 Å². The normalized spacial score (nSPS) is 17.0. The number of phenolic OH excluding ortho intramolecular Hbond substituents is 1. The predicted octanol–water partition coefficient (Wildman–Crippen LogP) is 3.52. The number of halogens is 1. The summed E-state index contributed by atoms with van der Waals surface area (Å²) in [6.45, 7) is 7.53. The summed E-state index contributed by atoms with van der Waals surface area (Å²) in [7, 11) is 0. The molecule has 0 bridgehead atoms. The van der Waals surface area contributed by atoms with Crippen LogP contribution < -0.4 is 15.4 Å². The summed E-state index contributed by atoms with van der Waals surface area (Å²) in [5.74, 6) is -0.280. The molecular weight excluding hydrogens is 404 g/mol. The van der Waals surface area contributed by atoms with Crippen molar-refractivity contribution in [2.75, 3.05) is 6.61 Å². The minimum atomic E-state index is -0.721. The van der Waals surface area contributed by atoms with Gasteiger partial charge >= 0.3 is 12.0 Å². The van der Waals surface area contributed by atoms with E-state index in [4.69, 9.17) is 9.47 Å². The number of carbonyl (C=O) groups is 2. The third-order valence-corrected chi connectivity index (χ3v) is 4.36. The van der Waals surface area contributed by atoms with Crippen LogP contribution in [0.3, 0.4) is 0 Å². The second-order valence-corrected chi connectivity index (χ2v) is 6.87. The maximum Gasteiger partial charge on any atom is 0.338 e. The Balaban J connectivity index is 2.57. The van der Waals surface area contributed by atoms with Crippen LogP contribution in [-0.4, -0.2) is 29.8 Å². The molecule has 142 valence electrons. The number of hydrogen-bond donors (Lipinski definition) is 3. The van der Waals surface area contributed by atoms with Gasteiger partial charge in [-0.2, -0.15) is 0 Å². The van der Waals surface area contributed by atoms with Crippen LogP contribution in [0.15, 0.2) is 27.9 Å². The van der Waals surface area contributed by atoms with Gasteiger partial charge in [-0.3, -0.25) is 0 Å². The van der Waals surface area contributed by atoms with Crippen LogP contribution in [0.2, 0.25) is 0 Å². The van der Waals surface area contributed by atoms with Gasteiger partial charge in [-0.15, -0.1) is 0 Å². The molecule has 1 aliphatic heterocycles. The van der Waals surface area contributed by atoms with Crippen LogP contribution in [0.5, 0.6) is 11.5 Å². The van der Waals surface area contributed by atoms with Gasteiger partial charge in [0.1, 0.15) is 0 Å². The van der Waals surface area contributed by atoms with Crippen molar-refractivity contribution in [1.29, 1.82) is 0 Å². The monoisotopic (exact) mass is 426 g/mol. The number of amides is 2. The second-order valence-electron chi connectivity index (χ2n) is 6.01. The van der Waals surface area contributed by atoms with Crippen LogP contribution in [0, 0.1) is 0 Å². The summed E-state index contributed by atoms with van der Waals surface area (Å²) in [5.41, 5.74) is 1.43. The molecule has 0 aromatic heterocycles. The van der Waals surface area contributed by atoms with Gasteiger partial charge in [0.2, 0.25) is 0 Å². The number of hydrogen-bond acceptors (Lipinski definition) is 5. The van der Waals surface area contributed by atoms with E-state index in [1.165, 1.54) is 0 Å². The molecule has 0 aliphatic carbocycles. The zero-order valence-corrected chi connectivity index (χ0v) is 16.8. The molecular formula is C18H23BrN2O5. The Morgan fingerprint density at radius 3 is 2.62 bits per heavy atom. The molecule has 8 heteroatoms. The number of benzene rings is 1. The maximum atomic E-state index is 12.7. The van der Waals surface area contributed by atoms with Gasteiger partial charge in [0.25, 0.3) is 0 Å². The van der Waals surface area contributed by atoms with Crippen molar-refractivity contribution in [3.63, 3.8) is 0 Å². The van der Waals surface area contributed by atoms with Crippen molar-refractivity contribution in [3.8, 4) is 11.5 Å². The lowest BCUT2D eigenvalue weighted by molar-refractivity contribution is -0.143. The Morgan fingerprint density at radius 2 is 2.04 bits per heavy atom. The fourth-order valence-corrected chi connectivity index (χ4v) is 3.15.